The summed E-state index contributed by atoms with van der Waals surface area (Å²) in [6.07, 6.45) is 3.47. The highest BCUT2D eigenvalue weighted by Crippen LogP contribution is 2.19. The fraction of sp³-hybridized carbons (Fsp3) is 1.00. The molecule has 0 amide bonds. The van der Waals surface area contributed by atoms with E-state index in [2.05, 4.69) is 23.6 Å². The normalized spacial score (nSPS) is 18.7. The van der Waals surface area contributed by atoms with Gasteiger partial charge >= 0.3 is 0 Å². The third kappa shape index (κ3) is 6.78. The largest absolute Gasteiger partial charge is 0.353 e. The highest BCUT2D eigenvalue weighted by Gasteiger charge is 2.28. The van der Waals surface area contributed by atoms with Crippen LogP contribution in [0.2, 0.25) is 12.1 Å². The summed E-state index contributed by atoms with van der Waals surface area (Å²) in [5.41, 5.74) is 0. The molecule has 1 rings (SSSR count). The minimum absolute atomic E-state index is 0.0481. The zero-order valence-electron chi connectivity index (χ0n) is 14.6. The maximum atomic E-state index is 5.63. The second-order valence-electron chi connectivity index (χ2n) is 5.72. The number of nitrogens with zero attached hydrogens (tertiary/aromatic N) is 2. The predicted octanol–water partition coefficient (Wildman–Crippen LogP) is 2.15. The lowest BCUT2D eigenvalue weighted by atomic mass is 10.2. The molecule has 21 heavy (non-hydrogen) atoms. The Labute approximate surface area is 134 Å². The van der Waals surface area contributed by atoms with Crippen molar-refractivity contribution in [2.24, 2.45) is 0 Å². The average Bonchev–Trinajstić information content (AvgIpc) is 2.89. The SMILES string of the molecule is CCOC(C[SiH2]CCCC1N(CC)CCN1CC)OCC. The van der Waals surface area contributed by atoms with Crippen molar-refractivity contribution in [3.8, 4) is 0 Å². The summed E-state index contributed by atoms with van der Waals surface area (Å²) in [5.74, 6) is 0. The fourth-order valence-corrected chi connectivity index (χ4v) is 4.89. The van der Waals surface area contributed by atoms with Crippen molar-refractivity contribution in [2.75, 3.05) is 39.4 Å². The lowest BCUT2D eigenvalue weighted by molar-refractivity contribution is -0.123. The van der Waals surface area contributed by atoms with Crippen LogP contribution in [0.25, 0.3) is 0 Å². The Hall–Kier alpha value is 0.0569. The van der Waals surface area contributed by atoms with E-state index in [-0.39, 0.29) is 15.8 Å². The zero-order chi connectivity index (χ0) is 15.5. The van der Waals surface area contributed by atoms with Crippen LogP contribution in [0.15, 0.2) is 0 Å². The molecular formula is C16H36N2O2Si. The Morgan fingerprint density at radius 1 is 1.00 bits per heavy atom. The third-order valence-corrected chi connectivity index (χ3v) is 6.32. The summed E-state index contributed by atoms with van der Waals surface area (Å²) in [7, 11) is -0.0481. The van der Waals surface area contributed by atoms with Crippen LogP contribution >= 0.6 is 0 Å². The molecule has 4 nitrogen and oxygen atoms in total. The molecule has 1 saturated heterocycles. The first-order valence-corrected chi connectivity index (χ1v) is 11.0. The Morgan fingerprint density at radius 3 is 2.05 bits per heavy atom. The monoisotopic (exact) mass is 316 g/mol. The number of likely N-dealkylation sites (N-methyl/N-ethyl adjacent to an activating group) is 2. The number of hydrogen-bond donors (Lipinski definition) is 0. The van der Waals surface area contributed by atoms with Crippen molar-refractivity contribution >= 4 is 9.52 Å². The van der Waals surface area contributed by atoms with E-state index in [4.69, 9.17) is 9.47 Å². The first kappa shape index (κ1) is 19.1. The molecule has 0 atom stereocenters. The number of rotatable bonds is 12. The predicted molar refractivity (Wildman–Crippen MR) is 92.7 cm³/mol. The van der Waals surface area contributed by atoms with Crippen molar-refractivity contribution in [1.82, 2.24) is 9.80 Å². The van der Waals surface area contributed by atoms with Crippen LogP contribution in [0.5, 0.6) is 0 Å². The van der Waals surface area contributed by atoms with E-state index < -0.39 is 0 Å². The number of hydrogen-bond acceptors (Lipinski definition) is 4. The van der Waals surface area contributed by atoms with Crippen LogP contribution < -0.4 is 0 Å². The molecule has 126 valence electrons. The Kier molecular flexibility index (Phi) is 10.6. The summed E-state index contributed by atoms with van der Waals surface area (Å²) in [6, 6.07) is 2.59. The molecule has 0 N–H and O–H groups in total. The molecule has 1 aliphatic rings. The van der Waals surface area contributed by atoms with E-state index in [9.17, 15) is 0 Å². The van der Waals surface area contributed by atoms with Crippen molar-refractivity contribution in [3.05, 3.63) is 0 Å². The molecule has 1 aliphatic heterocycles. The van der Waals surface area contributed by atoms with Crippen LogP contribution in [-0.4, -0.2) is 71.2 Å². The second-order valence-corrected chi connectivity index (χ2v) is 7.71. The zero-order valence-corrected chi connectivity index (χ0v) is 16.1. The average molecular weight is 317 g/mol. The van der Waals surface area contributed by atoms with Gasteiger partial charge in [-0.05, 0) is 39.4 Å². The van der Waals surface area contributed by atoms with E-state index in [0.29, 0.717) is 6.17 Å². The molecule has 0 unspecified atom stereocenters. The van der Waals surface area contributed by atoms with Crippen molar-refractivity contribution in [1.29, 1.82) is 0 Å². The van der Waals surface area contributed by atoms with Crippen molar-refractivity contribution in [3.63, 3.8) is 0 Å². The van der Waals surface area contributed by atoms with E-state index in [1.165, 1.54) is 51.1 Å². The van der Waals surface area contributed by atoms with Gasteiger partial charge in [-0.15, -0.1) is 0 Å². The Bertz CT molecular complexity index is 238. The van der Waals surface area contributed by atoms with Gasteiger partial charge in [-0.2, -0.15) is 0 Å². The molecule has 0 aliphatic carbocycles. The molecule has 0 aromatic rings. The van der Waals surface area contributed by atoms with E-state index in [1.807, 2.05) is 13.8 Å². The Morgan fingerprint density at radius 2 is 1.57 bits per heavy atom. The lowest BCUT2D eigenvalue weighted by Gasteiger charge is -2.29. The molecule has 0 radical (unpaired) electrons. The quantitative estimate of drug-likeness (QED) is 0.313. The van der Waals surface area contributed by atoms with Crippen LogP contribution in [0.3, 0.4) is 0 Å². The molecule has 5 heteroatoms. The highest BCUT2D eigenvalue weighted by molar-refractivity contribution is 6.35. The maximum Gasteiger partial charge on any atom is 0.154 e. The summed E-state index contributed by atoms with van der Waals surface area (Å²) in [6.45, 7) is 15.1. The summed E-state index contributed by atoms with van der Waals surface area (Å²) < 4.78 is 11.3. The van der Waals surface area contributed by atoms with Gasteiger partial charge in [-0.3, -0.25) is 9.80 Å². The summed E-state index contributed by atoms with van der Waals surface area (Å²) in [4.78, 5) is 5.27. The van der Waals surface area contributed by atoms with Gasteiger partial charge in [0, 0.05) is 35.8 Å². The van der Waals surface area contributed by atoms with Gasteiger partial charge in [0.2, 0.25) is 0 Å². The minimum Gasteiger partial charge on any atom is -0.353 e. The first-order valence-electron chi connectivity index (χ1n) is 8.97. The molecule has 1 fully saturated rings. The van der Waals surface area contributed by atoms with E-state index in [0.717, 1.165) is 13.2 Å². The minimum atomic E-state index is -0.0481. The smallest absolute Gasteiger partial charge is 0.154 e. The summed E-state index contributed by atoms with van der Waals surface area (Å²) in [5, 5.41) is 0. The van der Waals surface area contributed by atoms with Gasteiger partial charge < -0.3 is 9.47 Å². The fourth-order valence-electron chi connectivity index (χ4n) is 3.29. The van der Waals surface area contributed by atoms with Crippen molar-refractivity contribution < 1.29 is 9.47 Å². The molecule has 0 bridgehead atoms. The van der Waals surface area contributed by atoms with Gasteiger partial charge in [0.1, 0.15) is 0 Å². The third-order valence-electron chi connectivity index (χ3n) is 4.44. The molecular weight excluding hydrogens is 280 g/mol. The van der Waals surface area contributed by atoms with Crippen molar-refractivity contribution in [2.45, 2.75) is 65.1 Å². The van der Waals surface area contributed by atoms with E-state index >= 15 is 0 Å². The van der Waals surface area contributed by atoms with Gasteiger partial charge in [0.05, 0.1) is 6.17 Å². The summed E-state index contributed by atoms with van der Waals surface area (Å²) >= 11 is 0. The Balaban J connectivity index is 2.17. The van der Waals surface area contributed by atoms with Gasteiger partial charge in [-0.25, -0.2) is 0 Å². The van der Waals surface area contributed by atoms with Crippen LogP contribution in [-0.2, 0) is 9.47 Å². The van der Waals surface area contributed by atoms with Crippen LogP contribution in [0.1, 0.15) is 40.5 Å². The van der Waals surface area contributed by atoms with Crippen LogP contribution in [0.4, 0.5) is 0 Å². The molecule has 0 aromatic carbocycles. The second kappa shape index (κ2) is 11.6. The number of ether oxygens (including phenoxy) is 2. The van der Waals surface area contributed by atoms with Gasteiger partial charge in [0.15, 0.2) is 6.29 Å². The van der Waals surface area contributed by atoms with Gasteiger partial charge in [-0.1, -0.05) is 26.3 Å². The molecule has 0 saturated carbocycles. The highest BCUT2D eigenvalue weighted by atomic mass is 28.2. The topological polar surface area (TPSA) is 24.9 Å². The first-order chi connectivity index (χ1) is 10.3. The van der Waals surface area contributed by atoms with E-state index in [1.54, 1.807) is 0 Å². The molecule has 1 heterocycles. The lowest BCUT2D eigenvalue weighted by Crippen LogP contribution is -2.38. The van der Waals surface area contributed by atoms with Crippen LogP contribution in [0, 0.1) is 0 Å². The standard InChI is InChI=1S/C16H36N2O2Si/c1-5-17-11-12-18(6-2)15(17)10-9-13-21-14-16(19-7-3)20-8-4/h15-16H,5-14,21H2,1-4H3. The molecule has 0 aromatic heterocycles. The molecule has 0 spiro atoms. The maximum absolute atomic E-state index is 5.63. The van der Waals surface area contributed by atoms with Gasteiger partial charge in [0.25, 0.3) is 0 Å².